The lowest BCUT2D eigenvalue weighted by molar-refractivity contribution is 0.0661. The third-order valence-corrected chi connectivity index (χ3v) is 5.21. The van der Waals surface area contributed by atoms with Crippen molar-refractivity contribution in [1.82, 2.24) is 19.5 Å². The van der Waals surface area contributed by atoms with E-state index in [1.807, 2.05) is 78.9 Å². The molecule has 7 heteroatoms. The van der Waals surface area contributed by atoms with Gasteiger partial charge in [-0.3, -0.25) is 9.36 Å². The van der Waals surface area contributed by atoms with Crippen molar-refractivity contribution in [3.05, 3.63) is 109 Å². The number of anilines is 1. The first-order chi connectivity index (χ1) is 16.3. The molecule has 0 atom stereocenters. The lowest BCUT2D eigenvalue weighted by atomic mass is 10.0. The van der Waals surface area contributed by atoms with Crippen molar-refractivity contribution >= 4 is 22.9 Å². The van der Waals surface area contributed by atoms with E-state index in [9.17, 15) is 4.79 Å². The molecule has 2 heterocycles. The van der Waals surface area contributed by atoms with Crippen LogP contribution in [0.3, 0.4) is 0 Å². The Morgan fingerprint density at radius 3 is 2.42 bits per heavy atom. The largest absolute Gasteiger partial charge is 0.356 e. The fourth-order valence-corrected chi connectivity index (χ4v) is 3.55. The molecule has 5 rings (SSSR count). The Bertz CT molecular complexity index is 1380. The molecule has 0 saturated carbocycles. The van der Waals surface area contributed by atoms with E-state index in [4.69, 9.17) is 4.74 Å². The smallest absolute Gasteiger partial charge is 0.256 e. The molecule has 2 aromatic heterocycles. The second kappa shape index (κ2) is 9.42. The van der Waals surface area contributed by atoms with Gasteiger partial charge in [0.1, 0.15) is 13.1 Å². The van der Waals surface area contributed by atoms with Crippen molar-refractivity contribution < 1.29 is 9.53 Å². The van der Waals surface area contributed by atoms with Crippen molar-refractivity contribution in [2.75, 3.05) is 5.32 Å². The number of nitrogens with one attached hydrogen (secondary N) is 1. The van der Waals surface area contributed by atoms with Crippen molar-refractivity contribution in [1.29, 1.82) is 0 Å². The summed E-state index contributed by atoms with van der Waals surface area (Å²) in [5.74, 6) is 0.0968. The van der Waals surface area contributed by atoms with Crippen LogP contribution in [0.5, 0.6) is 0 Å². The van der Waals surface area contributed by atoms with Gasteiger partial charge in [0, 0.05) is 5.56 Å². The Morgan fingerprint density at radius 2 is 1.61 bits per heavy atom. The van der Waals surface area contributed by atoms with Gasteiger partial charge in [-0.15, -0.1) is 0 Å². The first-order valence-electron chi connectivity index (χ1n) is 10.5. The molecule has 0 radical (unpaired) electrons. The number of imidazole rings is 1. The van der Waals surface area contributed by atoms with Crippen LogP contribution in [0.1, 0.15) is 15.9 Å². The molecule has 5 aromatic rings. The van der Waals surface area contributed by atoms with E-state index in [-0.39, 0.29) is 12.6 Å². The highest BCUT2D eigenvalue weighted by molar-refractivity contribution is 6.07. The number of hydrogen-bond donors (Lipinski definition) is 1. The van der Waals surface area contributed by atoms with Gasteiger partial charge in [-0.2, -0.15) is 0 Å². The maximum atomic E-state index is 12.9. The molecule has 1 amide bonds. The molecule has 0 spiro atoms. The SMILES string of the molecule is O=C(Nc1ncnc2c1ncn2COCc1ccccc1)c1cccc(-c2ccccc2)c1. The van der Waals surface area contributed by atoms with Gasteiger partial charge in [0.25, 0.3) is 5.91 Å². The molecular weight excluding hydrogens is 414 g/mol. The maximum Gasteiger partial charge on any atom is 0.256 e. The van der Waals surface area contributed by atoms with Crippen molar-refractivity contribution in [2.24, 2.45) is 0 Å². The lowest BCUT2D eigenvalue weighted by Crippen LogP contribution is -2.13. The van der Waals surface area contributed by atoms with Crippen molar-refractivity contribution in [3.63, 3.8) is 0 Å². The van der Waals surface area contributed by atoms with E-state index in [0.29, 0.717) is 29.2 Å². The zero-order valence-corrected chi connectivity index (χ0v) is 17.8. The van der Waals surface area contributed by atoms with Crippen LogP contribution in [0.2, 0.25) is 0 Å². The highest BCUT2D eigenvalue weighted by Crippen LogP contribution is 2.22. The van der Waals surface area contributed by atoms with E-state index in [1.54, 1.807) is 17.0 Å². The van der Waals surface area contributed by atoms with Crippen LogP contribution < -0.4 is 5.32 Å². The third-order valence-electron chi connectivity index (χ3n) is 5.21. The number of benzene rings is 3. The van der Waals surface area contributed by atoms with Crippen LogP contribution in [0.4, 0.5) is 5.82 Å². The second-order valence-corrected chi connectivity index (χ2v) is 7.47. The van der Waals surface area contributed by atoms with Gasteiger partial charge in [-0.1, -0.05) is 72.8 Å². The summed E-state index contributed by atoms with van der Waals surface area (Å²) in [6.07, 6.45) is 3.05. The molecule has 0 saturated heterocycles. The standard InChI is InChI=1S/C26H21N5O2/c32-26(22-13-7-12-21(14-22)20-10-5-2-6-11-20)30-24-23-25(28-16-27-24)31(17-29-23)18-33-15-19-8-3-1-4-9-19/h1-14,16-17H,15,18H2,(H,27,28,30,32). The lowest BCUT2D eigenvalue weighted by Gasteiger charge is -2.08. The summed E-state index contributed by atoms with van der Waals surface area (Å²) in [4.78, 5) is 25.9. The zero-order valence-electron chi connectivity index (χ0n) is 17.8. The molecule has 3 aromatic carbocycles. The normalized spacial score (nSPS) is 10.9. The first kappa shape index (κ1) is 20.5. The maximum absolute atomic E-state index is 12.9. The summed E-state index contributed by atoms with van der Waals surface area (Å²) in [5, 5.41) is 2.87. The number of ether oxygens (including phenoxy) is 1. The molecule has 0 aliphatic heterocycles. The van der Waals surface area contributed by atoms with Gasteiger partial charge in [0.15, 0.2) is 17.0 Å². The quantitative estimate of drug-likeness (QED) is 0.392. The molecule has 0 fully saturated rings. The minimum atomic E-state index is -0.261. The fourth-order valence-electron chi connectivity index (χ4n) is 3.55. The van der Waals surface area contributed by atoms with Gasteiger partial charge < -0.3 is 10.1 Å². The van der Waals surface area contributed by atoms with Crippen LogP contribution in [-0.4, -0.2) is 25.4 Å². The van der Waals surface area contributed by atoms with E-state index < -0.39 is 0 Å². The van der Waals surface area contributed by atoms with E-state index in [2.05, 4.69) is 20.3 Å². The number of fused-ring (bicyclic) bond motifs is 1. The molecule has 0 aliphatic carbocycles. The minimum absolute atomic E-state index is 0.261. The number of aromatic nitrogens is 4. The number of amides is 1. The van der Waals surface area contributed by atoms with Gasteiger partial charge >= 0.3 is 0 Å². The van der Waals surface area contributed by atoms with Gasteiger partial charge in [-0.05, 0) is 28.8 Å². The Kier molecular flexibility index (Phi) is 5.86. The Balaban J connectivity index is 1.32. The number of carbonyl (C=O) groups excluding carboxylic acids is 1. The highest BCUT2D eigenvalue weighted by atomic mass is 16.5. The van der Waals surface area contributed by atoms with Crippen molar-refractivity contribution in [3.8, 4) is 11.1 Å². The summed E-state index contributed by atoms with van der Waals surface area (Å²) < 4.78 is 7.58. The van der Waals surface area contributed by atoms with E-state index in [0.717, 1.165) is 16.7 Å². The molecule has 0 unspecified atom stereocenters. The number of carbonyl (C=O) groups is 1. The van der Waals surface area contributed by atoms with Crippen molar-refractivity contribution in [2.45, 2.75) is 13.3 Å². The van der Waals surface area contributed by atoms with Gasteiger partial charge in [-0.25, -0.2) is 15.0 Å². The van der Waals surface area contributed by atoms with Crippen LogP contribution in [-0.2, 0) is 18.1 Å². The number of hydrogen-bond acceptors (Lipinski definition) is 5. The summed E-state index contributed by atoms with van der Waals surface area (Å²) in [6.45, 7) is 0.766. The number of rotatable bonds is 7. The number of nitrogens with zero attached hydrogens (tertiary/aromatic N) is 4. The molecule has 7 nitrogen and oxygen atoms in total. The van der Waals surface area contributed by atoms with Crippen LogP contribution in [0, 0.1) is 0 Å². The van der Waals surface area contributed by atoms with Crippen LogP contribution in [0.15, 0.2) is 97.6 Å². The first-order valence-corrected chi connectivity index (χ1v) is 10.5. The predicted molar refractivity (Wildman–Crippen MR) is 126 cm³/mol. The summed E-state index contributed by atoms with van der Waals surface area (Å²) >= 11 is 0. The average molecular weight is 435 g/mol. The Hall–Kier alpha value is -4.36. The van der Waals surface area contributed by atoms with E-state index >= 15 is 0 Å². The monoisotopic (exact) mass is 435 g/mol. The predicted octanol–water partition coefficient (Wildman–Crippen LogP) is 4.92. The fraction of sp³-hybridized carbons (Fsp3) is 0.0769. The second-order valence-electron chi connectivity index (χ2n) is 7.47. The van der Waals surface area contributed by atoms with Crippen LogP contribution in [0.25, 0.3) is 22.3 Å². The topological polar surface area (TPSA) is 81.9 Å². The third kappa shape index (κ3) is 4.63. The highest BCUT2D eigenvalue weighted by Gasteiger charge is 2.14. The minimum Gasteiger partial charge on any atom is -0.356 e. The summed E-state index contributed by atoms with van der Waals surface area (Å²) in [7, 11) is 0. The average Bonchev–Trinajstić information content (AvgIpc) is 3.29. The van der Waals surface area contributed by atoms with E-state index in [1.165, 1.54) is 6.33 Å². The molecule has 162 valence electrons. The molecule has 1 N–H and O–H groups in total. The zero-order chi connectivity index (χ0) is 22.5. The summed E-state index contributed by atoms with van der Waals surface area (Å²) in [5.41, 5.74) is 4.73. The Morgan fingerprint density at radius 1 is 0.848 bits per heavy atom. The van der Waals surface area contributed by atoms with Gasteiger partial charge in [0.05, 0.1) is 12.9 Å². The van der Waals surface area contributed by atoms with Crippen LogP contribution >= 0.6 is 0 Å². The molecule has 0 aliphatic rings. The van der Waals surface area contributed by atoms with Gasteiger partial charge in [0.2, 0.25) is 0 Å². The Labute approximate surface area is 190 Å². The molecule has 33 heavy (non-hydrogen) atoms. The molecule has 0 bridgehead atoms. The summed E-state index contributed by atoms with van der Waals surface area (Å²) in [6, 6.07) is 27.3. The molecular formula is C26H21N5O2.